The summed E-state index contributed by atoms with van der Waals surface area (Å²) >= 11 is 0. The van der Waals surface area contributed by atoms with E-state index in [0.29, 0.717) is 6.54 Å². The van der Waals surface area contributed by atoms with Crippen molar-refractivity contribution < 1.29 is 9.53 Å². The number of benzene rings is 1. The number of nitrogen functional groups attached to an aromatic ring is 1. The lowest BCUT2D eigenvalue weighted by molar-refractivity contribution is -0.147. The minimum absolute atomic E-state index is 0.209. The van der Waals surface area contributed by atoms with E-state index in [1.165, 1.54) is 7.11 Å². The van der Waals surface area contributed by atoms with E-state index in [0.717, 1.165) is 11.3 Å². The molecular formula is C14H22N2O2. The molecule has 0 radical (unpaired) electrons. The van der Waals surface area contributed by atoms with Crippen LogP contribution in [0.2, 0.25) is 0 Å². The van der Waals surface area contributed by atoms with E-state index in [9.17, 15) is 4.79 Å². The first-order valence-corrected chi connectivity index (χ1v) is 6.13. The van der Waals surface area contributed by atoms with Crippen molar-refractivity contribution in [3.63, 3.8) is 0 Å². The second-order valence-electron chi connectivity index (χ2n) is 4.71. The molecule has 1 unspecified atom stereocenters. The van der Waals surface area contributed by atoms with Crippen LogP contribution in [0, 0.1) is 0 Å². The predicted molar refractivity (Wildman–Crippen MR) is 73.0 cm³/mol. The minimum atomic E-state index is -0.257. The molecule has 0 aromatic heterocycles. The Hall–Kier alpha value is -1.55. The Bertz CT molecular complexity index is 387. The van der Waals surface area contributed by atoms with Gasteiger partial charge in [0, 0.05) is 18.3 Å². The number of ether oxygens (including phenoxy) is 1. The van der Waals surface area contributed by atoms with Crippen molar-refractivity contribution in [2.75, 3.05) is 12.8 Å². The third kappa shape index (κ3) is 3.74. The number of nitrogens with zero attached hydrogens (tertiary/aromatic N) is 1. The number of carbonyl (C=O) groups excluding carboxylic acids is 1. The zero-order valence-electron chi connectivity index (χ0n) is 11.5. The van der Waals surface area contributed by atoms with Gasteiger partial charge in [-0.05, 0) is 38.5 Å². The van der Waals surface area contributed by atoms with Crippen LogP contribution in [-0.2, 0) is 16.1 Å². The smallest absolute Gasteiger partial charge is 0.322 e. The van der Waals surface area contributed by atoms with Gasteiger partial charge >= 0.3 is 5.97 Å². The summed E-state index contributed by atoms with van der Waals surface area (Å²) in [7, 11) is 1.42. The fraction of sp³-hybridized carbons (Fsp3) is 0.500. The quantitative estimate of drug-likeness (QED) is 0.642. The predicted octanol–water partition coefficient (Wildman–Crippen LogP) is 2.04. The van der Waals surface area contributed by atoms with Crippen LogP contribution < -0.4 is 5.73 Å². The molecule has 1 aromatic carbocycles. The van der Waals surface area contributed by atoms with Gasteiger partial charge < -0.3 is 10.5 Å². The van der Waals surface area contributed by atoms with E-state index in [4.69, 9.17) is 10.5 Å². The normalized spacial score (nSPS) is 12.8. The summed E-state index contributed by atoms with van der Waals surface area (Å²) in [5.41, 5.74) is 7.54. The highest BCUT2D eigenvalue weighted by Gasteiger charge is 2.24. The first-order chi connectivity index (χ1) is 8.45. The highest BCUT2D eigenvalue weighted by atomic mass is 16.5. The molecule has 1 aromatic rings. The van der Waals surface area contributed by atoms with Crippen LogP contribution in [0.5, 0.6) is 0 Å². The summed E-state index contributed by atoms with van der Waals surface area (Å²) < 4.78 is 4.80. The molecule has 0 spiro atoms. The average molecular weight is 250 g/mol. The van der Waals surface area contributed by atoms with Gasteiger partial charge in [-0.1, -0.05) is 12.1 Å². The van der Waals surface area contributed by atoms with Crippen molar-refractivity contribution in [1.82, 2.24) is 4.90 Å². The molecule has 1 atom stereocenters. The third-order valence-corrected chi connectivity index (χ3v) is 3.05. The van der Waals surface area contributed by atoms with Gasteiger partial charge in [0.2, 0.25) is 0 Å². The van der Waals surface area contributed by atoms with Gasteiger partial charge in [0.1, 0.15) is 6.04 Å². The number of methoxy groups -OCH3 is 1. The van der Waals surface area contributed by atoms with Crippen molar-refractivity contribution in [3.05, 3.63) is 29.8 Å². The van der Waals surface area contributed by atoms with Gasteiger partial charge in [-0.15, -0.1) is 0 Å². The Morgan fingerprint density at radius 1 is 1.28 bits per heavy atom. The summed E-state index contributed by atoms with van der Waals surface area (Å²) in [6, 6.07) is 7.71. The molecule has 2 N–H and O–H groups in total. The topological polar surface area (TPSA) is 55.6 Å². The van der Waals surface area contributed by atoms with E-state index in [1.807, 2.05) is 31.2 Å². The summed E-state index contributed by atoms with van der Waals surface area (Å²) in [6.45, 7) is 6.70. The van der Waals surface area contributed by atoms with Gasteiger partial charge in [-0.3, -0.25) is 9.69 Å². The molecule has 0 bridgehead atoms. The number of hydrogen-bond acceptors (Lipinski definition) is 4. The highest BCUT2D eigenvalue weighted by molar-refractivity contribution is 5.75. The van der Waals surface area contributed by atoms with Crippen molar-refractivity contribution in [1.29, 1.82) is 0 Å². The van der Waals surface area contributed by atoms with Gasteiger partial charge in [-0.2, -0.15) is 0 Å². The van der Waals surface area contributed by atoms with Gasteiger partial charge in [0.25, 0.3) is 0 Å². The van der Waals surface area contributed by atoms with Crippen LogP contribution >= 0.6 is 0 Å². The molecule has 0 heterocycles. The second-order valence-corrected chi connectivity index (χ2v) is 4.71. The number of rotatable bonds is 5. The fourth-order valence-electron chi connectivity index (χ4n) is 1.91. The number of nitrogens with two attached hydrogens (primary N) is 1. The van der Waals surface area contributed by atoms with Crippen molar-refractivity contribution >= 4 is 11.7 Å². The average Bonchev–Trinajstić information content (AvgIpc) is 2.36. The number of carbonyl (C=O) groups is 1. The monoisotopic (exact) mass is 250 g/mol. The van der Waals surface area contributed by atoms with E-state index in [1.54, 1.807) is 0 Å². The zero-order chi connectivity index (χ0) is 13.7. The third-order valence-electron chi connectivity index (χ3n) is 3.05. The number of hydrogen-bond donors (Lipinski definition) is 1. The van der Waals surface area contributed by atoms with Crippen LogP contribution in [0.4, 0.5) is 5.69 Å². The summed E-state index contributed by atoms with van der Waals surface area (Å²) in [5, 5.41) is 0. The molecule has 0 aliphatic carbocycles. The number of esters is 1. The molecule has 0 aliphatic heterocycles. The molecule has 0 aliphatic rings. The number of anilines is 1. The minimum Gasteiger partial charge on any atom is -0.468 e. The van der Waals surface area contributed by atoms with Crippen molar-refractivity contribution in [3.8, 4) is 0 Å². The highest BCUT2D eigenvalue weighted by Crippen LogP contribution is 2.14. The summed E-state index contributed by atoms with van der Waals surface area (Å²) in [5.74, 6) is -0.209. The molecule has 0 saturated carbocycles. The lowest BCUT2D eigenvalue weighted by atomic mass is 10.1. The molecule has 100 valence electrons. The maximum atomic E-state index is 11.6. The fourth-order valence-corrected chi connectivity index (χ4v) is 1.91. The van der Waals surface area contributed by atoms with E-state index < -0.39 is 0 Å². The van der Waals surface area contributed by atoms with Crippen LogP contribution in [0.3, 0.4) is 0 Å². The molecule has 4 nitrogen and oxygen atoms in total. The van der Waals surface area contributed by atoms with E-state index in [-0.39, 0.29) is 18.1 Å². The second kappa shape index (κ2) is 6.40. The first kappa shape index (κ1) is 14.5. The molecular weight excluding hydrogens is 228 g/mol. The van der Waals surface area contributed by atoms with Gasteiger partial charge in [0.15, 0.2) is 0 Å². The standard InChI is InChI=1S/C14H22N2O2/c1-10(2)16(11(3)14(17)18-4)9-12-5-7-13(15)8-6-12/h5-8,10-11H,9,15H2,1-4H3. The van der Waals surface area contributed by atoms with Crippen LogP contribution in [0.25, 0.3) is 0 Å². The van der Waals surface area contributed by atoms with Gasteiger partial charge in [-0.25, -0.2) is 0 Å². The molecule has 1 rings (SSSR count). The first-order valence-electron chi connectivity index (χ1n) is 6.13. The summed E-state index contributed by atoms with van der Waals surface area (Å²) in [6.07, 6.45) is 0. The Labute approximate surface area is 109 Å². The van der Waals surface area contributed by atoms with Crippen molar-refractivity contribution in [2.45, 2.75) is 39.4 Å². The maximum absolute atomic E-state index is 11.6. The largest absolute Gasteiger partial charge is 0.468 e. The Morgan fingerprint density at radius 3 is 2.28 bits per heavy atom. The Kier molecular flexibility index (Phi) is 5.16. The molecule has 4 heteroatoms. The maximum Gasteiger partial charge on any atom is 0.322 e. The van der Waals surface area contributed by atoms with E-state index >= 15 is 0 Å². The lowest BCUT2D eigenvalue weighted by Crippen LogP contribution is -2.43. The zero-order valence-corrected chi connectivity index (χ0v) is 11.5. The lowest BCUT2D eigenvalue weighted by Gasteiger charge is -2.31. The molecule has 0 fully saturated rings. The molecule has 18 heavy (non-hydrogen) atoms. The SMILES string of the molecule is COC(=O)C(C)N(Cc1ccc(N)cc1)C(C)C. The van der Waals surface area contributed by atoms with Crippen molar-refractivity contribution in [2.24, 2.45) is 0 Å². The molecule has 0 amide bonds. The Morgan fingerprint density at radius 2 is 1.83 bits per heavy atom. The van der Waals surface area contributed by atoms with Gasteiger partial charge in [0.05, 0.1) is 7.11 Å². The van der Waals surface area contributed by atoms with Crippen LogP contribution in [-0.4, -0.2) is 30.1 Å². The van der Waals surface area contributed by atoms with Crippen LogP contribution in [0.1, 0.15) is 26.3 Å². The molecule has 0 saturated heterocycles. The van der Waals surface area contributed by atoms with Crippen LogP contribution in [0.15, 0.2) is 24.3 Å². The Balaban J connectivity index is 2.80. The van der Waals surface area contributed by atoms with E-state index in [2.05, 4.69) is 18.7 Å². The summed E-state index contributed by atoms with van der Waals surface area (Å²) in [4.78, 5) is 13.7.